The van der Waals surface area contributed by atoms with Gasteiger partial charge in [-0.1, -0.05) is 24.3 Å². The van der Waals surface area contributed by atoms with Gasteiger partial charge in [0.25, 0.3) is 0 Å². The first-order valence-corrected chi connectivity index (χ1v) is 8.80. The SMILES string of the molecule is CCOc1cc(/C=C/C(=O)c2cccc(OCCN)c2)ccc1OCC(=O)O. The van der Waals surface area contributed by atoms with Crippen LogP contribution in [0.25, 0.3) is 6.08 Å². The van der Waals surface area contributed by atoms with E-state index in [-0.39, 0.29) is 5.78 Å². The standard InChI is InChI=1S/C21H23NO6/c1-2-26-20-12-15(7-9-19(20)28-14-21(24)25)6-8-18(23)16-4-3-5-17(13-16)27-11-10-22/h3-9,12-13H,2,10-11,14,22H2,1H3,(H,24,25)/b8-6+. The predicted octanol–water partition coefficient (Wildman–Crippen LogP) is 2.78. The smallest absolute Gasteiger partial charge is 0.341 e. The van der Waals surface area contributed by atoms with Crippen LogP contribution in [0, 0.1) is 0 Å². The van der Waals surface area contributed by atoms with Crippen LogP contribution in [0.1, 0.15) is 22.8 Å². The summed E-state index contributed by atoms with van der Waals surface area (Å²) in [5, 5.41) is 8.74. The van der Waals surface area contributed by atoms with Crippen molar-refractivity contribution in [2.45, 2.75) is 6.92 Å². The van der Waals surface area contributed by atoms with Gasteiger partial charge in [-0.2, -0.15) is 0 Å². The van der Waals surface area contributed by atoms with Crippen molar-refractivity contribution in [3.8, 4) is 17.2 Å². The van der Waals surface area contributed by atoms with Crippen LogP contribution in [-0.4, -0.2) is 43.2 Å². The molecule has 2 rings (SSSR count). The summed E-state index contributed by atoms with van der Waals surface area (Å²) >= 11 is 0. The molecule has 3 N–H and O–H groups in total. The van der Waals surface area contributed by atoms with Gasteiger partial charge in [0.1, 0.15) is 12.4 Å². The van der Waals surface area contributed by atoms with Gasteiger partial charge < -0.3 is 25.1 Å². The third-order valence-corrected chi connectivity index (χ3v) is 3.55. The van der Waals surface area contributed by atoms with Gasteiger partial charge in [-0.3, -0.25) is 4.79 Å². The molecule has 0 aromatic heterocycles. The number of rotatable bonds is 11. The van der Waals surface area contributed by atoms with Crippen molar-refractivity contribution >= 4 is 17.8 Å². The molecule has 0 saturated carbocycles. The van der Waals surface area contributed by atoms with E-state index >= 15 is 0 Å². The minimum absolute atomic E-state index is 0.178. The van der Waals surface area contributed by atoms with Crippen LogP contribution in [0.3, 0.4) is 0 Å². The summed E-state index contributed by atoms with van der Waals surface area (Å²) < 4.78 is 16.1. The summed E-state index contributed by atoms with van der Waals surface area (Å²) in [6.07, 6.45) is 3.10. The second-order valence-corrected chi connectivity index (χ2v) is 5.68. The monoisotopic (exact) mass is 385 g/mol. The maximum atomic E-state index is 12.4. The Kier molecular flexibility index (Phi) is 8.05. The topological polar surface area (TPSA) is 108 Å². The first kappa shape index (κ1) is 21.0. The number of carboxylic acid groups (broad SMARTS) is 1. The van der Waals surface area contributed by atoms with Crippen molar-refractivity contribution in [2.75, 3.05) is 26.4 Å². The highest BCUT2D eigenvalue weighted by Gasteiger charge is 2.08. The van der Waals surface area contributed by atoms with E-state index in [1.54, 1.807) is 48.5 Å². The highest BCUT2D eigenvalue weighted by Crippen LogP contribution is 2.29. The number of nitrogens with two attached hydrogens (primary N) is 1. The average Bonchev–Trinajstić information content (AvgIpc) is 2.70. The molecule has 0 spiro atoms. The maximum Gasteiger partial charge on any atom is 0.341 e. The van der Waals surface area contributed by atoms with Crippen molar-refractivity contribution in [1.82, 2.24) is 0 Å². The fourth-order valence-electron chi connectivity index (χ4n) is 2.34. The minimum atomic E-state index is -1.07. The van der Waals surface area contributed by atoms with Gasteiger partial charge in [-0.25, -0.2) is 4.79 Å². The highest BCUT2D eigenvalue weighted by atomic mass is 16.5. The number of carboxylic acids is 1. The molecule has 7 heteroatoms. The van der Waals surface area contributed by atoms with E-state index in [1.807, 2.05) is 6.92 Å². The van der Waals surface area contributed by atoms with Crippen LogP contribution < -0.4 is 19.9 Å². The Bertz CT molecular complexity index is 847. The van der Waals surface area contributed by atoms with Crippen molar-refractivity contribution in [1.29, 1.82) is 0 Å². The highest BCUT2D eigenvalue weighted by molar-refractivity contribution is 6.07. The molecule has 0 amide bonds. The van der Waals surface area contributed by atoms with Crippen LogP contribution in [0.4, 0.5) is 0 Å². The minimum Gasteiger partial charge on any atom is -0.492 e. The van der Waals surface area contributed by atoms with Crippen LogP contribution in [-0.2, 0) is 4.79 Å². The molecule has 0 aliphatic heterocycles. The molecule has 2 aromatic rings. The molecule has 0 fully saturated rings. The van der Waals surface area contributed by atoms with Crippen LogP contribution >= 0.6 is 0 Å². The number of benzene rings is 2. The van der Waals surface area contributed by atoms with Crippen molar-refractivity contribution in [2.24, 2.45) is 5.73 Å². The van der Waals surface area contributed by atoms with Gasteiger partial charge in [0.2, 0.25) is 0 Å². The Morgan fingerprint density at radius 1 is 1.07 bits per heavy atom. The summed E-state index contributed by atoms with van der Waals surface area (Å²) in [6, 6.07) is 11.9. The fraction of sp³-hybridized carbons (Fsp3) is 0.238. The summed E-state index contributed by atoms with van der Waals surface area (Å²) in [5.74, 6) is 0.0772. The Balaban J connectivity index is 2.13. The first-order chi connectivity index (χ1) is 13.5. The number of carbonyl (C=O) groups is 2. The van der Waals surface area contributed by atoms with E-state index in [2.05, 4.69) is 0 Å². The molecular formula is C21H23NO6. The lowest BCUT2D eigenvalue weighted by molar-refractivity contribution is -0.139. The van der Waals surface area contributed by atoms with Crippen molar-refractivity contribution in [3.63, 3.8) is 0 Å². The van der Waals surface area contributed by atoms with E-state index in [4.69, 9.17) is 25.1 Å². The van der Waals surface area contributed by atoms with Gasteiger partial charge in [0, 0.05) is 12.1 Å². The Hall–Kier alpha value is -3.32. The van der Waals surface area contributed by atoms with Gasteiger partial charge in [-0.15, -0.1) is 0 Å². The third kappa shape index (κ3) is 6.44. The first-order valence-electron chi connectivity index (χ1n) is 8.80. The van der Waals surface area contributed by atoms with Crippen LogP contribution in [0.2, 0.25) is 0 Å². The Morgan fingerprint density at radius 3 is 2.61 bits per heavy atom. The van der Waals surface area contributed by atoms with Crippen molar-refractivity contribution < 1.29 is 28.9 Å². The maximum absolute atomic E-state index is 12.4. The van der Waals surface area contributed by atoms with Crippen LogP contribution in [0.5, 0.6) is 17.2 Å². The molecule has 0 unspecified atom stereocenters. The van der Waals surface area contributed by atoms with E-state index in [9.17, 15) is 9.59 Å². The second-order valence-electron chi connectivity index (χ2n) is 5.68. The number of ether oxygens (including phenoxy) is 3. The lowest BCUT2D eigenvalue weighted by atomic mass is 10.1. The molecule has 0 aliphatic carbocycles. The molecule has 0 aliphatic rings. The summed E-state index contributed by atoms with van der Waals surface area (Å²) in [7, 11) is 0. The number of carbonyl (C=O) groups excluding carboxylic acids is 1. The zero-order valence-electron chi connectivity index (χ0n) is 15.6. The van der Waals surface area contributed by atoms with Crippen LogP contribution in [0.15, 0.2) is 48.5 Å². The molecule has 0 bridgehead atoms. The molecule has 0 radical (unpaired) electrons. The van der Waals surface area contributed by atoms with Gasteiger partial charge in [0.05, 0.1) is 6.61 Å². The molecule has 7 nitrogen and oxygen atoms in total. The quantitative estimate of drug-likeness (QED) is 0.452. The normalized spacial score (nSPS) is 10.6. The molecule has 28 heavy (non-hydrogen) atoms. The zero-order valence-corrected chi connectivity index (χ0v) is 15.6. The summed E-state index contributed by atoms with van der Waals surface area (Å²) in [5.41, 5.74) is 6.63. The number of hydrogen-bond donors (Lipinski definition) is 2. The largest absolute Gasteiger partial charge is 0.492 e. The third-order valence-electron chi connectivity index (χ3n) is 3.55. The molecular weight excluding hydrogens is 362 g/mol. The van der Waals surface area contributed by atoms with E-state index < -0.39 is 12.6 Å². The lowest BCUT2D eigenvalue weighted by Crippen LogP contribution is -2.10. The number of ketones is 1. The number of allylic oxidation sites excluding steroid dienone is 1. The summed E-state index contributed by atoms with van der Waals surface area (Å²) in [4.78, 5) is 23.1. The number of aliphatic carboxylic acids is 1. The predicted molar refractivity (Wildman–Crippen MR) is 105 cm³/mol. The molecule has 148 valence electrons. The Morgan fingerprint density at radius 2 is 1.89 bits per heavy atom. The Labute approximate surface area is 163 Å². The lowest BCUT2D eigenvalue weighted by Gasteiger charge is -2.11. The van der Waals surface area contributed by atoms with Gasteiger partial charge in [-0.05, 0) is 42.8 Å². The summed E-state index contributed by atoms with van der Waals surface area (Å²) in [6.45, 7) is 2.52. The van der Waals surface area contributed by atoms with E-state index in [0.717, 1.165) is 5.56 Å². The molecule has 0 atom stereocenters. The fourth-order valence-corrected chi connectivity index (χ4v) is 2.34. The second kappa shape index (κ2) is 10.7. The molecule has 2 aromatic carbocycles. The van der Waals surface area contributed by atoms with E-state index in [1.165, 1.54) is 6.08 Å². The van der Waals surface area contributed by atoms with Gasteiger partial charge >= 0.3 is 5.97 Å². The number of hydrogen-bond acceptors (Lipinski definition) is 6. The van der Waals surface area contributed by atoms with Gasteiger partial charge in [0.15, 0.2) is 23.9 Å². The average molecular weight is 385 g/mol. The molecule has 0 heterocycles. The molecule has 0 saturated heterocycles. The van der Waals surface area contributed by atoms with E-state index in [0.29, 0.717) is 42.6 Å². The van der Waals surface area contributed by atoms with Crippen molar-refractivity contribution in [3.05, 3.63) is 59.7 Å². The zero-order chi connectivity index (χ0) is 20.4.